The summed E-state index contributed by atoms with van der Waals surface area (Å²) in [6, 6.07) is 2.60. The number of esters is 1. The van der Waals surface area contributed by atoms with Crippen molar-refractivity contribution in [2.75, 3.05) is 6.61 Å². The molecule has 1 aromatic rings. The van der Waals surface area contributed by atoms with Crippen molar-refractivity contribution in [1.29, 1.82) is 0 Å². The molecule has 0 unspecified atom stereocenters. The van der Waals surface area contributed by atoms with Crippen LogP contribution in [0.1, 0.15) is 10.4 Å². The highest BCUT2D eigenvalue weighted by Gasteiger charge is 2.37. The Labute approximate surface area is 128 Å². The van der Waals surface area contributed by atoms with Gasteiger partial charge in [0.2, 0.25) is 0 Å². The minimum Gasteiger partial charge on any atom is -0.449 e. The summed E-state index contributed by atoms with van der Waals surface area (Å²) < 4.78 is 15.8. The molecule has 2 aliphatic heterocycles. The molecule has 23 heavy (non-hydrogen) atoms. The fraction of sp³-hybridized carbons (Fsp3) is 0.308. The Morgan fingerprint density at radius 3 is 2.39 bits per heavy atom. The van der Waals surface area contributed by atoms with Gasteiger partial charge in [-0.3, -0.25) is 20.2 Å². The van der Waals surface area contributed by atoms with Gasteiger partial charge in [-0.1, -0.05) is 6.08 Å². The van der Waals surface area contributed by atoms with Crippen LogP contribution in [0.25, 0.3) is 0 Å². The van der Waals surface area contributed by atoms with Crippen LogP contribution < -0.4 is 0 Å². The molecule has 120 valence electrons. The van der Waals surface area contributed by atoms with Gasteiger partial charge >= 0.3 is 5.97 Å². The number of carbonyl (C=O) groups is 1. The lowest BCUT2D eigenvalue weighted by Crippen LogP contribution is -2.33. The minimum atomic E-state index is -0.941. The van der Waals surface area contributed by atoms with Crippen LogP contribution in [0.3, 0.4) is 0 Å². The van der Waals surface area contributed by atoms with Crippen molar-refractivity contribution in [2.45, 2.75) is 18.5 Å². The van der Waals surface area contributed by atoms with Gasteiger partial charge in [-0.05, 0) is 6.08 Å². The highest BCUT2D eigenvalue weighted by atomic mass is 16.7. The Bertz CT molecular complexity index is 684. The van der Waals surface area contributed by atoms with Crippen molar-refractivity contribution in [3.63, 3.8) is 0 Å². The van der Waals surface area contributed by atoms with Crippen LogP contribution >= 0.6 is 0 Å². The maximum atomic E-state index is 12.1. The molecule has 3 atom stereocenters. The molecule has 10 heteroatoms. The van der Waals surface area contributed by atoms with Gasteiger partial charge in [0.05, 0.1) is 28.1 Å². The van der Waals surface area contributed by atoms with E-state index in [9.17, 15) is 25.0 Å². The Morgan fingerprint density at radius 2 is 1.78 bits per heavy atom. The summed E-state index contributed by atoms with van der Waals surface area (Å²) in [6.07, 6.45) is 1.52. The molecule has 2 aliphatic rings. The predicted octanol–water partition coefficient (Wildman–Crippen LogP) is 1.34. The zero-order valence-corrected chi connectivity index (χ0v) is 11.5. The molecule has 0 radical (unpaired) electrons. The first-order valence-corrected chi connectivity index (χ1v) is 6.54. The van der Waals surface area contributed by atoms with E-state index in [-0.39, 0.29) is 11.7 Å². The number of nitrogens with zero attached hydrogens (tertiary/aromatic N) is 2. The van der Waals surface area contributed by atoms with Gasteiger partial charge in [0.25, 0.3) is 11.4 Å². The molecule has 1 fully saturated rings. The molecule has 2 heterocycles. The number of nitro benzene ring substituents is 2. The SMILES string of the molecule is O=C(O[C@H]1C=C[C@H]2CO[C@@H]1O2)c1cc([N+](=O)[O-])cc([N+](=O)[O-])c1. The molecule has 2 bridgehead atoms. The average Bonchev–Trinajstić information content (AvgIpc) is 2.92. The van der Waals surface area contributed by atoms with E-state index in [1.165, 1.54) is 0 Å². The van der Waals surface area contributed by atoms with Crippen molar-refractivity contribution in [2.24, 2.45) is 0 Å². The van der Waals surface area contributed by atoms with E-state index < -0.39 is 39.6 Å². The van der Waals surface area contributed by atoms with E-state index in [2.05, 4.69) is 0 Å². The van der Waals surface area contributed by atoms with Crippen LogP contribution in [0.5, 0.6) is 0 Å². The van der Waals surface area contributed by atoms with E-state index >= 15 is 0 Å². The smallest absolute Gasteiger partial charge is 0.339 e. The van der Waals surface area contributed by atoms with E-state index in [0.29, 0.717) is 6.61 Å². The molecule has 0 aliphatic carbocycles. The summed E-state index contributed by atoms with van der Waals surface area (Å²) in [5.41, 5.74) is -1.43. The Balaban J connectivity index is 1.84. The molecular formula is C13H10N2O8. The lowest BCUT2D eigenvalue weighted by molar-refractivity contribution is -0.394. The number of benzene rings is 1. The first-order chi connectivity index (χ1) is 10.9. The molecule has 10 nitrogen and oxygen atoms in total. The van der Waals surface area contributed by atoms with Gasteiger partial charge in [-0.2, -0.15) is 0 Å². The van der Waals surface area contributed by atoms with Crippen molar-refractivity contribution >= 4 is 17.3 Å². The minimum absolute atomic E-state index is 0.186. The predicted molar refractivity (Wildman–Crippen MR) is 72.7 cm³/mol. The lowest BCUT2D eigenvalue weighted by Gasteiger charge is -2.22. The summed E-state index contributed by atoms with van der Waals surface area (Å²) in [5.74, 6) is -0.941. The normalized spacial score (nSPS) is 25.1. The Kier molecular flexibility index (Phi) is 3.76. The van der Waals surface area contributed by atoms with Gasteiger partial charge in [0, 0.05) is 12.1 Å². The van der Waals surface area contributed by atoms with Crippen molar-refractivity contribution < 1.29 is 28.9 Å². The maximum absolute atomic E-state index is 12.1. The van der Waals surface area contributed by atoms with Crippen molar-refractivity contribution in [3.8, 4) is 0 Å². The van der Waals surface area contributed by atoms with Crippen LogP contribution in [-0.4, -0.2) is 40.9 Å². The summed E-state index contributed by atoms with van der Waals surface area (Å²) in [7, 11) is 0. The Hall–Kier alpha value is -2.85. The summed E-state index contributed by atoms with van der Waals surface area (Å²) >= 11 is 0. The number of fused-ring (bicyclic) bond motifs is 2. The number of hydrogen-bond donors (Lipinski definition) is 0. The van der Waals surface area contributed by atoms with Crippen molar-refractivity contribution in [1.82, 2.24) is 0 Å². The number of carbonyl (C=O) groups excluding carboxylic acids is 1. The quantitative estimate of drug-likeness (QED) is 0.351. The van der Waals surface area contributed by atoms with Crippen LogP contribution in [0.15, 0.2) is 30.4 Å². The number of non-ortho nitro benzene ring substituents is 2. The zero-order valence-electron chi connectivity index (χ0n) is 11.5. The number of rotatable bonds is 4. The highest BCUT2D eigenvalue weighted by molar-refractivity contribution is 5.91. The summed E-state index contributed by atoms with van der Waals surface area (Å²) in [5, 5.41) is 21.6. The molecule has 0 aromatic heterocycles. The summed E-state index contributed by atoms with van der Waals surface area (Å²) in [6.45, 7) is 0.345. The molecule has 0 N–H and O–H groups in total. The lowest BCUT2D eigenvalue weighted by atomic mass is 10.1. The highest BCUT2D eigenvalue weighted by Crippen LogP contribution is 2.27. The first kappa shape index (κ1) is 15.1. The van der Waals surface area contributed by atoms with E-state index in [0.717, 1.165) is 18.2 Å². The fourth-order valence-electron chi connectivity index (χ4n) is 2.25. The number of hydrogen-bond acceptors (Lipinski definition) is 8. The third kappa shape index (κ3) is 3.03. The molecule has 1 aromatic carbocycles. The molecular weight excluding hydrogens is 312 g/mol. The second kappa shape index (κ2) is 5.74. The standard InChI is InChI=1S/C13H10N2O8/c16-12(23-11-2-1-10-6-21-13(11)22-10)7-3-8(14(17)18)5-9(4-7)15(19)20/h1-5,10-11,13H,6H2/t10-,11-,13+/m0/s1. The van der Waals surface area contributed by atoms with Gasteiger partial charge < -0.3 is 14.2 Å². The van der Waals surface area contributed by atoms with Gasteiger partial charge in [-0.25, -0.2) is 4.79 Å². The van der Waals surface area contributed by atoms with Gasteiger partial charge in [-0.15, -0.1) is 0 Å². The monoisotopic (exact) mass is 322 g/mol. The topological polar surface area (TPSA) is 131 Å². The van der Waals surface area contributed by atoms with Gasteiger partial charge in [0.15, 0.2) is 12.4 Å². The molecule has 1 saturated heterocycles. The molecule has 0 spiro atoms. The van der Waals surface area contributed by atoms with Crippen LogP contribution in [0.2, 0.25) is 0 Å². The van der Waals surface area contributed by atoms with Crippen molar-refractivity contribution in [3.05, 3.63) is 56.1 Å². The summed E-state index contributed by atoms with van der Waals surface area (Å²) in [4.78, 5) is 32.1. The Morgan fingerprint density at radius 1 is 1.13 bits per heavy atom. The number of ether oxygens (including phenoxy) is 3. The third-order valence-corrected chi connectivity index (χ3v) is 3.32. The first-order valence-electron chi connectivity index (χ1n) is 6.54. The molecule has 0 amide bonds. The van der Waals surface area contributed by atoms with E-state index in [1.54, 1.807) is 12.2 Å². The maximum Gasteiger partial charge on any atom is 0.339 e. The largest absolute Gasteiger partial charge is 0.449 e. The molecule has 3 rings (SSSR count). The second-order valence-corrected chi connectivity index (χ2v) is 4.88. The zero-order chi connectivity index (χ0) is 16.6. The third-order valence-electron chi connectivity index (χ3n) is 3.32. The average molecular weight is 322 g/mol. The van der Waals surface area contributed by atoms with Gasteiger partial charge in [0.1, 0.15) is 6.10 Å². The van der Waals surface area contributed by atoms with Crippen LogP contribution in [-0.2, 0) is 14.2 Å². The number of nitro groups is 2. The fourth-order valence-corrected chi connectivity index (χ4v) is 2.25. The van der Waals surface area contributed by atoms with E-state index in [4.69, 9.17) is 14.2 Å². The van der Waals surface area contributed by atoms with Crippen LogP contribution in [0, 0.1) is 20.2 Å². The van der Waals surface area contributed by atoms with E-state index in [1.807, 2.05) is 0 Å². The molecule has 0 saturated carbocycles. The second-order valence-electron chi connectivity index (χ2n) is 4.88. The van der Waals surface area contributed by atoms with Crippen LogP contribution in [0.4, 0.5) is 11.4 Å².